The normalized spacial score (nSPS) is 19.9. The molecular formula is C14H22FN3O2S. The Morgan fingerprint density at radius 3 is 2.86 bits per heavy atom. The zero-order valence-corrected chi connectivity index (χ0v) is 13.1. The molecule has 1 atom stereocenters. The number of hydrogen-bond acceptors (Lipinski definition) is 4. The van der Waals surface area contributed by atoms with Crippen molar-refractivity contribution >= 4 is 10.0 Å². The summed E-state index contributed by atoms with van der Waals surface area (Å²) in [6, 6.07) is 1.20. The number of nitrogens with one attached hydrogen (secondary N) is 1. The van der Waals surface area contributed by atoms with Crippen LogP contribution >= 0.6 is 0 Å². The van der Waals surface area contributed by atoms with Crippen molar-refractivity contribution in [3.05, 3.63) is 24.3 Å². The van der Waals surface area contributed by atoms with Gasteiger partial charge in [-0.25, -0.2) is 12.8 Å². The molecule has 21 heavy (non-hydrogen) atoms. The Balaban J connectivity index is 2.19. The van der Waals surface area contributed by atoms with Crippen molar-refractivity contribution in [1.82, 2.24) is 14.6 Å². The smallest absolute Gasteiger partial charge is 0.244 e. The Morgan fingerprint density at radius 2 is 2.24 bits per heavy atom. The van der Waals surface area contributed by atoms with E-state index in [1.54, 1.807) is 0 Å². The van der Waals surface area contributed by atoms with Gasteiger partial charge >= 0.3 is 0 Å². The summed E-state index contributed by atoms with van der Waals surface area (Å²) >= 11 is 0. The summed E-state index contributed by atoms with van der Waals surface area (Å²) in [7, 11) is -3.69. The molecule has 1 aliphatic rings. The summed E-state index contributed by atoms with van der Waals surface area (Å²) in [4.78, 5) is 3.57. The molecule has 118 valence electrons. The maximum absolute atomic E-state index is 13.2. The van der Waals surface area contributed by atoms with E-state index in [1.807, 2.05) is 6.92 Å². The number of halogens is 1. The van der Waals surface area contributed by atoms with Crippen LogP contribution in [0.5, 0.6) is 0 Å². The lowest BCUT2D eigenvalue weighted by Crippen LogP contribution is -2.46. The van der Waals surface area contributed by atoms with Gasteiger partial charge in [0.1, 0.15) is 10.7 Å². The second-order valence-electron chi connectivity index (χ2n) is 5.35. The van der Waals surface area contributed by atoms with Gasteiger partial charge in [0.25, 0.3) is 0 Å². The highest BCUT2D eigenvalue weighted by Crippen LogP contribution is 2.18. The van der Waals surface area contributed by atoms with Gasteiger partial charge in [0.15, 0.2) is 0 Å². The van der Waals surface area contributed by atoms with E-state index in [1.165, 1.54) is 10.5 Å². The van der Waals surface area contributed by atoms with Gasteiger partial charge in [-0.2, -0.15) is 4.31 Å². The van der Waals surface area contributed by atoms with E-state index < -0.39 is 15.8 Å². The summed E-state index contributed by atoms with van der Waals surface area (Å²) in [6.45, 7) is 3.70. The minimum Gasteiger partial charge on any atom is -0.313 e. The molecule has 0 bridgehead atoms. The molecule has 0 saturated carbocycles. The summed E-state index contributed by atoms with van der Waals surface area (Å²) in [6.07, 6.45) is 6.14. The van der Waals surface area contributed by atoms with E-state index in [0.29, 0.717) is 19.5 Å². The number of sulfonamides is 1. The number of nitrogens with zero attached hydrogens (tertiary/aromatic N) is 2. The Morgan fingerprint density at radius 1 is 1.43 bits per heavy atom. The maximum atomic E-state index is 13.2. The van der Waals surface area contributed by atoms with Crippen LogP contribution in [0.25, 0.3) is 0 Å². The van der Waals surface area contributed by atoms with Crippen molar-refractivity contribution in [2.24, 2.45) is 0 Å². The number of piperidine rings is 1. The minimum absolute atomic E-state index is 0.0771. The van der Waals surface area contributed by atoms with Gasteiger partial charge in [-0.3, -0.25) is 4.98 Å². The lowest BCUT2D eigenvalue weighted by atomic mass is 10.1. The molecule has 0 spiro atoms. The van der Waals surface area contributed by atoms with E-state index >= 15 is 0 Å². The molecule has 1 fully saturated rings. The summed E-state index contributed by atoms with van der Waals surface area (Å²) in [5.74, 6) is -0.636. The third-order valence-electron chi connectivity index (χ3n) is 3.63. The van der Waals surface area contributed by atoms with Crippen LogP contribution in [0.3, 0.4) is 0 Å². The predicted molar refractivity (Wildman–Crippen MR) is 78.9 cm³/mol. The van der Waals surface area contributed by atoms with Crippen molar-refractivity contribution in [1.29, 1.82) is 0 Å². The van der Waals surface area contributed by atoms with Crippen molar-refractivity contribution in [3.63, 3.8) is 0 Å². The molecule has 1 saturated heterocycles. The third-order valence-corrected chi connectivity index (χ3v) is 5.46. The fraction of sp³-hybridized carbons (Fsp3) is 0.643. The van der Waals surface area contributed by atoms with E-state index in [2.05, 4.69) is 10.3 Å². The second kappa shape index (κ2) is 7.29. The van der Waals surface area contributed by atoms with Gasteiger partial charge in [0, 0.05) is 25.3 Å². The van der Waals surface area contributed by atoms with Gasteiger partial charge in [0.05, 0.1) is 6.20 Å². The molecule has 1 N–H and O–H groups in total. The number of pyridine rings is 1. The van der Waals surface area contributed by atoms with Crippen LogP contribution in [0, 0.1) is 5.82 Å². The molecule has 5 nitrogen and oxygen atoms in total. The topological polar surface area (TPSA) is 62.3 Å². The first-order valence-corrected chi connectivity index (χ1v) is 8.82. The van der Waals surface area contributed by atoms with Crippen molar-refractivity contribution in [2.75, 3.05) is 19.6 Å². The van der Waals surface area contributed by atoms with Crippen LogP contribution in [0.1, 0.15) is 32.6 Å². The summed E-state index contributed by atoms with van der Waals surface area (Å²) < 4.78 is 40.0. The molecule has 2 rings (SSSR count). The van der Waals surface area contributed by atoms with Crippen LogP contribution in [-0.2, 0) is 10.0 Å². The molecule has 2 heterocycles. The molecule has 1 aromatic heterocycles. The molecule has 1 aliphatic heterocycles. The van der Waals surface area contributed by atoms with Crippen LogP contribution in [0.15, 0.2) is 23.4 Å². The quantitative estimate of drug-likeness (QED) is 0.869. The first-order valence-electron chi connectivity index (χ1n) is 7.38. The van der Waals surface area contributed by atoms with Crippen molar-refractivity contribution in [3.8, 4) is 0 Å². The number of hydrogen-bond donors (Lipinski definition) is 1. The van der Waals surface area contributed by atoms with Crippen LogP contribution in [-0.4, -0.2) is 43.4 Å². The monoisotopic (exact) mass is 315 g/mol. The molecule has 1 unspecified atom stereocenters. The fourth-order valence-electron chi connectivity index (χ4n) is 2.57. The van der Waals surface area contributed by atoms with E-state index in [4.69, 9.17) is 0 Å². The van der Waals surface area contributed by atoms with Crippen LogP contribution in [0.2, 0.25) is 0 Å². The maximum Gasteiger partial charge on any atom is 0.244 e. The Bertz CT molecular complexity index is 559. The van der Waals surface area contributed by atoms with Gasteiger partial charge in [-0.05, 0) is 31.9 Å². The fourth-order valence-corrected chi connectivity index (χ4v) is 4.12. The standard InChI is InChI=1S/C14H22FN3O2S/c1-2-7-18(11-13-5-3-4-6-17-13)21(19,20)14-8-12(15)9-16-10-14/h8-10,13,17H,2-7,11H2,1H3. The zero-order chi connectivity index (χ0) is 15.3. The molecule has 0 radical (unpaired) electrons. The highest BCUT2D eigenvalue weighted by molar-refractivity contribution is 7.89. The van der Waals surface area contributed by atoms with Gasteiger partial charge in [0.2, 0.25) is 10.0 Å². The lowest BCUT2D eigenvalue weighted by Gasteiger charge is -2.29. The first kappa shape index (κ1) is 16.3. The lowest BCUT2D eigenvalue weighted by molar-refractivity contribution is 0.312. The summed E-state index contributed by atoms with van der Waals surface area (Å²) in [5, 5.41) is 3.35. The second-order valence-corrected chi connectivity index (χ2v) is 7.29. The molecule has 0 aromatic carbocycles. The van der Waals surface area contributed by atoms with Crippen molar-refractivity contribution in [2.45, 2.75) is 43.5 Å². The Kier molecular flexibility index (Phi) is 5.66. The van der Waals surface area contributed by atoms with Crippen molar-refractivity contribution < 1.29 is 12.8 Å². The van der Waals surface area contributed by atoms with Gasteiger partial charge in [-0.15, -0.1) is 0 Å². The molecule has 0 aliphatic carbocycles. The zero-order valence-electron chi connectivity index (χ0n) is 12.3. The number of aromatic nitrogens is 1. The van der Waals surface area contributed by atoms with Crippen LogP contribution < -0.4 is 5.32 Å². The first-order chi connectivity index (χ1) is 10.0. The number of rotatable bonds is 6. The average Bonchev–Trinajstić information content (AvgIpc) is 2.48. The highest BCUT2D eigenvalue weighted by atomic mass is 32.2. The van der Waals surface area contributed by atoms with Gasteiger partial charge < -0.3 is 5.32 Å². The van der Waals surface area contributed by atoms with Gasteiger partial charge in [-0.1, -0.05) is 13.3 Å². The highest BCUT2D eigenvalue weighted by Gasteiger charge is 2.27. The Labute approximate surface area is 125 Å². The summed E-state index contributed by atoms with van der Waals surface area (Å²) in [5.41, 5.74) is 0. The Hall–Kier alpha value is -1.05. The van der Waals surface area contributed by atoms with E-state index in [-0.39, 0.29) is 10.9 Å². The predicted octanol–water partition coefficient (Wildman–Crippen LogP) is 1.76. The molecule has 7 heteroatoms. The minimum atomic E-state index is -3.69. The van der Waals surface area contributed by atoms with Crippen LogP contribution in [0.4, 0.5) is 4.39 Å². The average molecular weight is 315 g/mol. The molecule has 1 aromatic rings. The molecule has 0 amide bonds. The van der Waals surface area contributed by atoms with E-state index in [9.17, 15) is 12.8 Å². The molecular weight excluding hydrogens is 293 g/mol. The van der Waals surface area contributed by atoms with E-state index in [0.717, 1.165) is 38.1 Å². The largest absolute Gasteiger partial charge is 0.313 e. The third kappa shape index (κ3) is 4.21. The SMILES string of the molecule is CCCN(CC1CCCCN1)S(=O)(=O)c1cncc(F)c1.